The Hall–Kier alpha value is -1.12. The molecular weight excluding hydrogens is 267 g/mol. The summed E-state index contributed by atoms with van der Waals surface area (Å²) in [4.78, 5) is 8.75. The molecule has 0 radical (unpaired) electrons. The molecule has 0 aliphatic rings. The van der Waals surface area contributed by atoms with Crippen molar-refractivity contribution in [3.63, 3.8) is 0 Å². The van der Waals surface area contributed by atoms with Gasteiger partial charge in [0.1, 0.15) is 0 Å². The summed E-state index contributed by atoms with van der Waals surface area (Å²) in [6, 6.07) is 7.84. The van der Waals surface area contributed by atoms with Crippen LogP contribution in [0.25, 0.3) is 0 Å². The highest BCUT2D eigenvalue weighted by atomic mass is 35.5. The van der Waals surface area contributed by atoms with Crippen LogP contribution in [0.3, 0.4) is 0 Å². The lowest BCUT2D eigenvalue weighted by atomic mass is 10.1. The summed E-state index contributed by atoms with van der Waals surface area (Å²) in [6.07, 6.45) is 5.27. The summed E-state index contributed by atoms with van der Waals surface area (Å²) in [5, 5.41) is 0. The number of rotatable bonds is 5. The highest BCUT2D eigenvalue weighted by Crippen LogP contribution is 2.14. The van der Waals surface area contributed by atoms with E-state index >= 15 is 0 Å². The smallest absolute Gasteiger partial charge is 0.0492 e. The Kier molecular flexibility index (Phi) is 4.97. The number of aryl methyl sites for hydroxylation is 2. The quantitative estimate of drug-likeness (QED) is 0.780. The molecule has 2 rings (SSSR count). The molecule has 0 amide bonds. The fourth-order valence-corrected chi connectivity index (χ4v) is 2.36. The molecule has 2 nitrogen and oxygen atoms in total. The maximum absolute atomic E-state index is 5.90. The minimum Gasteiger partial charge on any atom is -0.261 e. The number of alkyl halides is 2. The molecule has 0 spiro atoms. The van der Waals surface area contributed by atoms with Crippen LogP contribution in [-0.2, 0) is 24.6 Å². The van der Waals surface area contributed by atoms with Gasteiger partial charge in [-0.15, -0.1) is 23.2 Å². The summed E-state index contributed by atoms with van der Waals surface area (Å²) in [5.41, 5.74) is 4.25. The van der Waals surface area contributed by atoms with Gasteiger partial charge in [-0.1, -0.05) is 12.1 Å². The van der Waals surface area contributed by atoms with Crippen LogP contribution in [0.1, 0.15) is 22.5 Å². The third kappa shape index (κ3) is 3.21. The van der Waals surface area contributed by atoms with Gasteiger partial charge in [0, 0.05) is 35.5 Å². The van der Waals surface area contributed by atoms with E-state index in [0.717, 1.165) is 35.4 Å². The molecule has 0 atom stereocenters. The lowest BCUT2D eigenvalue weighted by molar-refractivity contribution is 0.857. The summed E-state index contributed by atoms with van der Waals surface area (Å²) in [6.45, 7) is 0. The van der Waals surface area contributed by atoms with Crippen molar-refractivity contribution in [2.24, 2.45) is 0 Å². The van der Waals surface area contributed by atoms with Gasteiger partial charge in [0.05, 0.1) is 0 Å². The molecule has 0 unspecified atom stereocenters. The number of hydrogen-bond acceptors (Lipinski definition) is 2. The summed E-state index contributed by atoms with van der Waals surface area (Å²) in [7, 11) is 0. The average molecular weight is 281 g/mol. The van der Waals surface area contributed by atoms with Crippen LogP contribution in [0.15, 0.2) is 36.7 Å². The molecule has 0 saturated carbocycles. The van der Waals surface area contributed by atoms with E-state index in [-0.39, 0.29) is 0 Å². The van der Waals surface area contributed by atoms with Crippen molar-refractivity contribution >= 4 is 23.2 Å². The molecule has 2 aromatic rings. The van der Waals surface area contributed by atoms with Crippen molar-refractivity contribution in [1.82, 2.24) is 9.97 Å². The van der Waals surface area contributed by atoms with Crippen molar-refractivity contribution < 1.29 is 0 Å². The van der Waals surface area contributed by atoms with E-state index in [1.54, 1.807) is 12.4 Å². The van der Waals surface area contributed by atoms with Crippen LogP contribution in [0.4, 0.5) is 0 Å². The molecule has 2 aromatic heterocycles. The first-order chi connectivity index (χ1) is 8.85. The molecule has 0 fully saturated rings. The first-order valence-electron chi connectivity index (χ1n) is 5.82. The Morgan fingerprint density at radius 1 is 0.778 bits per heavy atom. The SMILES string of the molecule is ClCc1cccnc1CCc1ncccc1CCl. The van der Waals surface area contributed by atoms with Gasteiger partial charge >= 0.3 is 0 Å². The second-order valence-corrected chi connectivity index (χ2v) is 4.52. The molecule has 2 heterocycles. The summed E-state index contributed by atoms with van der Waals surface area (Å²) >= 11 is 11.8. The van der Waals surface area contributed by atoms with Gasteiger partial charge in [0.25, 0.3) is 0 Å². The maximum atomic E-state index is 5.90. The van der Waals surface area contributed by atoms with Gasteiger partial charge in [0.15, 0.2) is 0 Å². The average Bonchev–Trinajstić information content (AvgIpc) is 2.45. The van der Waals surface area contributed by atoms with Crippen LogP contribution in [0, 0.1) is 0 Å². The highest BCUT2D eigenvalue weighted by Gasteiger charge is 2.06. The minimum atomic E-state index is 0.494. The number of pyridine rings is 2. The zero-order chi connectivity index (χ0) is 12.8. The number of aromatic nitrogens is 2. The summed E-state index contributed by atoms with van der Waals surface area (Å²) < 4.78 is 0. The van der Waals surface area contributed by atoms with Crippen LogP contribution in [-0.4, -0.2) is 9.97 Å². The van der Waals surface area contributed by atoms with Crippen molar-refractivity contribution in [3.8, 4) is 0 Å². The predicted molar refractivity (Wildman–Crippen MR) is 75.0 cm³/mol. The second-order valence-electron chi connectivity index (χ2n) is 3.99. The van der Waals surface area contributed by atoms with Crippen molar-refractivity contribution in [2.45, 2.75) is 24.6 Å². The molecule has 0 aliphatic heterocycles. The number of nitrogens with zero attached hydrogens (tertiary/aromatic N) is 2. The first kappa shape index (κ1) is 13.3. The van der Waals surface area contributed by atoms with Crippen molar-refractivity contribution in [2.75, 3.05) is 0 Å². The standard InChI is InChI=1S/C14H14Cl2N2/c15-9-11-3-1-7-17-13(11)5-6-14-12(10-16)4-2-8-18-14/h1-4,7-8H,5-6,9-10H2. The van der Waals surface area contributed by atoms with Crippen LogP contribution in [0.2, 0.25) is 0 Å². The maximum Gasteiger partial charge on any atom is 0.0492 e. The molecule has 0 N–H and O–H groups in total. The van der Waals surface area contributed by atoms with E-state index in [9.17, 15) is 0 Å². The normalized spacial score (nSPS) is 10.6. The van der Waals surface area contributed by atoms with E-state index in [1.165, 1.54) is 0 Å². The Bertz CT molecular complexity index is 467. The zero-order valence-corrected chi connectivity index (χ0v) is 11.5. The Labute approximate surface area is 117 Å². The highest BCUT2D eigenvalue weighted by molar-refractivity contribution is 6.17. The van der Waals surface area contributed by atoms with Crippen LogP contribution in [0.5, 0.6) is 0 Å². The second kappa shape index (κ2) is 6.72. The van der Waals surface area contributed by atoms with E-state index < -0.39 is 0 Å². The first-order valence-corrected chi connectivity index (χ1v) is 6.89. The van der Waals surface area contributed by atoms with Crippen LogP contribution >= 0.6 is 23.2 Å². The third-order valence-electron chi connectivity index (χ3n) is 2.86. The molecule has 0 aliphatic carbocycles. The molecule has 0 bridgehead atoms. The third-order valence-corrected chi connectivity index (χ3v) is 3.43. The predicted octanol–water partition coefficient (Wildman–Crippen LogP) is 3.74. The molecule has 0 saturated heterocycles. The van der Waals surface area contributed by atoms with E-state index in [0.29, 0.717) is 11.8 Å². The van der Waals surface area contributed by atoms with E-state index in [1.807, 2.05) is 24.3 Å². The molecule has 18 heavy (non-hydrogen) atoms. The number of halogens is 2. The largest absolute Gasteiger partial charge is 0.261 e. The van der Waals surface area contributed by atoms with Crippen LogP contribution < -0.4 is 0 Å². The Morgan fingerprint density at radius 2 is 1.22 bits per heavy atom. The van der Waals surface area contributed by atoms with Gasteiger partial charge < -0.3 is 0 Å². The van der Waals surface area contributed by atoms with Gasteiger partial charge in [0.2, 0.25) is 0 Å². The van der Waals surface area contributed by atoms with Gasteiger partial charge in [-0.25, -0.2) is 0 Å². The lowest BCUT2D eigenvalue weighted by Gasteiger charge is -2.07. The Balaban J connectivity index is 2.11. The van der Waals surface area contributed by atoms with E-state index in [4.69, 9.17) is 23.2 Å². The topological polar surface area (TPSA) is 25.8 Å². The summed E-state index contributed by atoms with van der Waals surface area (Å²) in [5.74, 6) is 0.988. The lowest BCUT2D eigenvalue weighted by Crippen LogP contribution is -2.02. The van der Waals surface area contributed by atoms with Gasteiger partial charge in [-0.05, 0) is 36.1 Å². The fourth-order valence-electron chi connectivity index (χ4n) is 1.87. The number of hydrogen-bond donors (Lipinski definition) is 0. The van der Waals surface area contributed by atoms with E-state index in [2.05, 4.69) is 9.97 Å². The van der Waals surface area contributed by atoms with Crippen molar-refractivity contribution in [1.29, 1.82) is 0 Å². The fraction of sp³-hybridized carbons (Fsp3) is 0.286. The minimum absolute atomic E-state index is 0.494. The van der Waals surface area contributed by atoms with Crippen molar-refractivity contribution in [3.05, 3.63) is 59.2 Å². The molecule has 94 valence electrons. The molecule has 4 heteroatoms. The molecular formula is C14H14Cl2N2. The zero-order valence-electron chi connectivity index (χ0n) is 9.94. The van der Waals surface area contributed by atoms with Gasteiger partial charge in [-0.2, -0.15) is 0 Å². The van der Waals surface area contributed by atoms with Gasteiger partial charge in [-0.3, -0.25) is 9.97 Å². The Morgan fingerprint density at radius 3 is 1.61 bits per heavy atom. The molecule has 0 aromatic carbocycles. The monoisotopic (exact) mass is 280 g/mol.